The molecule has 0 aliphatic rings. The van der Waals surface area contributed by atoms with Crippen molar-refractivity contribution in [2.75, 3.05) is 5.32 Å². The van der Waals surface area contributed by atoms with E-state index < -0.39 is 0 Å². The van der Waals surface area contributed by atoms with E-state index in [0.29, 0.717) is 27.7 Å². The summed E-state index contributed by atoms with van der Waals surface area (Å²) in [6.07, 6.45) is 1.68. The smallest absolute Gasteiger partial charge is 0.258 e. The largest absolute Gasteiger partial charge is 0.434 e. The summed E-state index contributed by atoms with van der Waals surface area (Å²) in [7, 11) is 0. The number of pyridine rings is 1. The van der Waals surface area contributed by atoms with E-state index in [1.54, 1.807) is 30.5 Å². The normalized spacial score (nSPS) is 11.0. The fourth-order valence-electron chi connectivity index (χ4n) is 3.62. The number of thiocarbonyl (C=S) groups is 1. The molecule has 33 heavy (non-hydrogen) atoms. The molecule has 2 heterocycles. The molecule has 2 N–H and O–H groups in total. The van der Waals surface area contributed by atoms with Gasteiger partial charge in [0.1, 0.15) is 0 Å². The predicted molar refractivity (Wildman–Crippen MR) is 135 cm³/mol. The second kappa shape index (κ2) is 8.61. The Kier molecular flexibility index (Phi) is 5.50. The minimum atomic E-state index is -0.311. The van der Waals surface area contributed by atoms with Gasteiger partial charge >= 0.3 is 0 Å². The lowest BCUT2D eigenvalue weighted by Crippen LogP contribution is -2.34. The Hall–Kier alpha value is -3.81. The third kappa shape index (κ3) is 4.16. The zero-order valence-electron chi connectivity index (χ0n) is 17.4. The summed E-state index contributed by atoms with van der Waals surface area (Å²) < 4.78 is 5.79. The lowest BCUT2D eigenvalue weighted by atomic mass is 10.0. The number of oxazole rings is 1. The standard InChI is InChI=1S/C25H17ClN4O2S/c1-14-13-15(24-29-22-21(32-24)9-4-12-27-22)10-11-20(14)28-25(33)30-23(31)18-7-2-6-17-16(18)5-3-8-19(17)26/h2-13H,1H3,(H2,28,30,31,33). The monoisotopic (exact) mass is 472 g/mol. The van der Waals surface area contributed by atoms with Gasteiger partial charge in [0, 0.05) is 33.4 Å². The average Bonchev–Trinajstić information content (AvgIpc) is 3.24. The molecular weight excluding hydrogens is 456 g/mol. The molecule has 0 unspecified atom stereocenters. The Morgan fingerprint density at radius 3 is 2.67 bits per heavy atom. The predicted octanol–water partition coefficient (Wildman–Crippen LogP) is 6.13. The minimum absolute atomic E-state index is 0.195. The Morgan fingerprint density at radius 1 is 1.03 bits per heavy atom. The van der Waals surface area contributed by atoms with Gasteiger partial charge in [-0.2, -0.15) is 4.98 Å². The highest BCUT2D eigenvalue weighted by Gasteiger charge is 2.14. The highest BCUT2D eigenvalue weighted by atomic mass is 35.5. The van der Waals surface area contributed by atoms with Crippen LogP contribution in [0, 0.1) is 6.92 Å². The molecule has 0 fully saturated rings. The van der Waals surface area contributed by atoms with Crippen LogP contribution in [0.5, 0.6) is 0 Å². The van der Waals surface area contributed by atoms with E-state index in [9.17, 15) is 4.79 Å². The summed E-state index contributed by atoms with van der Waals surface area (Å²) in [5.41, 5.74) is 4.18. The van der Waals surface area contributed by atoms with Gasteiger partial charge in [-0.15, -0.1) is 0 Å². The van der Waals surface area contributed by atoms with E-state index in [-0.39, 0.29) is 11.0 Å². The van der Waals surface area contributed by atoms with E-state index >= 15 is 0 Å². The van der Waals surface area contributed by atoms with Crippen LogP contribution in [0.3, 0.4) is 0 Å². The second-order valence-corrected chi connectivity index (χ2v) is 8.24. The average molecular weight is 473 g/mol. The highest BCUT2D eigenvalue weighted by molar-refractivity contribution is 7.80. The number of carbonyl (C=O) groups is 1. The van der Waals surface area contributed by atoms with Crippen LogP contribution in [0.15, 0.2) is 77.3 Å². The molecule has 8 heteroatoms. The number of nitrogens with one attached hydrogen (secondary N) is 2. The fraction of sp³-hybridized carbons (Fsp3) is 0.0400. The molecule has 6 nitrogen and oxygen atoms in total. The molecule has 0 spiro atoms. The molecule has 0 aliphatic heterocycles. The van der Waals surface area contributed by atoms with Gasteiger partial charge < -0.3 is 9.73 Å². The van der Waals surface area contributed by atoms with Crippen molar-refractivity contribution in [2.24, 2.45) is 0 Å². The van der Waals surface area contributed by atoms with Crippen LogP contribution in [0.2, 0.25) is 5.02 Å². The third-order valence-electron chi connectivity index (χ3n) is 5.23. The summed E-state index contributed by atoms with van der Waals surface area (Å²) in [5.74, 6) is 0.178. The number of anilines is 1. The Morgan fingerprint density at radius 2 is 1.85 bits per heavy atom. The Balaban J connectivity index is 1.33. The number of carbonyl (C=O) groups excluding carboxylic acids is 1. The number of nitrogens with zero attached hydrogens (tertiary/aromatic N) is 2. The van der Waals surface area contributed by atoms with Crippen molar-refractivity contribution in [2.45, 2.75) is 6.92 Å². The van der Waals surface area contributed by atoms with Crippen LogP contribution in [0.25, 0.3) is 33.5 Å². The number of hydrogen-bond acceptors (Lipinski definition) is 5. The van der Waals surface area contributed by atoms with Crippen LogP contribution in [0.4, 0.5) is 5.69 Å². The van der Waals surface area contributed by atoms with Gasteiger partial charge in [-0.05, 0) is 72.6 Å². The van der Waals surface area contributed by atoms with Crippen molar-refractivity contribution >= 4 is 62.5 Å². The first-order chi connectivity index (χ1) is 16.0. The van der Waals surface area contributed by atoms with Gasteiger partial charge in [-0.3, -0.25) is 10.1 Å². The molecule has 5 aromatic rings. The topological polar surface area (TPSA) is 80.1 Å². The molecule has 0 aliphatic carbocycles. The molecule has 2 aromatic heterocycles. The van der Waals surface area contributed by atoms with Crippen molar-refractivity contribution < 1.29 is 9.21 Å². The van der Waals surface area contributed by atoms with Crippen molar-refractivity contribution in [3.8, 4) is 11.5 Å². The summed E-state index contributed by atoms with van der Waals surface area (Å²) in [4.78, 5) is 21.5. The van der Waals surface area contributed by atoms with Crippen LogP contribution >= 0.6 is 23.8 Å². The quantitative estimate of drug-likeness (QED) is 0.307. The second-order valence-electron chi connectivity index (χ2n) is 7.42. The number of halogens is 1. The van der Waals surface area contributed by atoms with Crippen molar-refractivity contribution in [3.05, 3.63) is 89.1 Å². The molecule has 162 valence electrons. The molecule has 0 bridgehead atoms. The lowest BCUT2D eigenvalue weighted by Gasteiger charge is -2.13. The fourth-order valence-corrected chi connectivity index (χ4v) is 4.06. The first kappa shape index (κ1) is 21.1. The van der Waals surface area contributed by atoms with Gasteiger partial charge in [0.05, 0.1) is 0 Å². The maximum atomic E-state index is 12.9. The van der Waals surface area contributed by atoms with Gasteiger partial charge in [0.15, 0.2) is 16.3 Å². The minimum Gasteiger partial charge on any atom is -0.434 e. The van der Waals surface area contributed by atoms with Crippen molar-refractivity contribution in [1.29, 1.82) is 0 Å². The van der Waals surface area contributed by atoms with Gasteiger partial charge in [0.2, 0.25) is 5.89 Å². The maximum absolute atomic E-state index is 12.9. The summed E-state index contributed by atoms with van der Waals surface area (Å²) in [5, 5.41) is 8.19. The summed E-state index contributed by atoms with van der Waals surface area (Å²) in [6.45, 7) is 1.93. The molecule has 0 atom stereocenters. The first-order valence-corrected chi connectivity index (χ1v) is 10.9. The van der Waals surface area contributed by atoms with Gasteiger partial charge in [0.25, 0.3) is 5.91 Å². The number of aryl methyl sites for hydroxylation is 1. The number of hydrogen-bond donors (Lipinski definition) is 2. The number of rotatable bonds is 3. The Labute approximate surface area is 199 Å². The number of aromatic nitrogens is 2. The highest BCUT2D eigenvalue weighted by Crippen LogP contribution is 2.28. The van der Waals surface area contributed by atoms with Gasteiger partial charge in [-0.1, -0.05) is 35.9 Å². The zero-order valence-corrected chi connectivity index (χ0v) is 19.0. The molecule has 3 aromatic carbocycles. The van der Waals surface area contributed by atoms with Crippen LogP contribution in [-0.2, 0) is 0 Å². The van der Waals surface area contributed by atoms with Crippen molar-refractivity contribution in [1.82, 2.24) is 15.3 Å². The zero-order chi connectivity index (χ0) is 22.9. The van der Waals surface area contributed by atoms with E-state index in [0.717, 1.165) is 27.6 Å². The van der Waals surface area contributed by atoms with Crippen molar-refractivity contribution in [3.63, 3.8) is 0 Å². The SMILES string of the molecule is Cc1cc(-c2nc3ncccc3o2)ccc1NC(=S)NC(=O)c1cccc2c(Cl)cccc12. The molecule has 0 radical (unpaired) electrons. The van der Waals surface area contributed by atoms with Crippen LogP contribution < -0.4 is 10.6 Å². The Bertz CT molecular complexity index is 1510. The van der Waals surface area contributed by atoms with E-state index in [4.69, 9.17) is 28.2 Å². The van der Waals surface area contributed by atoms with E-state index in [1.807, 2.05) is 49.4 Å². The number of fused-ring (bicyclic) bond motifs is 2. The lowest BCUT2D eigenvalue weighted by molar-refractivity contribution is 0.0979. The number of amides is 1. The summed E-state index contributed by atoms with van der Waals surface area (Å²) >= 11 is 11.6. The van der Waals surface area contributed by atoms with E-state index in [1.165, 1.54) is 0 Å². The van der Waals surface area contributed by atoms with Gasteiger partial charge in [-0.25, -0.2) is 4.98 Å². The molecule has 0 saturated carbocycles. The first-order valence-electron chi connectivity index (χ1n) is 10.1. The van der Waals surface area contributed by atoms with E-state index in [2.05, 4.69) is 20.6 Å². The molecular formula is C25H17ClN4O2S. The third-order valence-corrected chi connectivity index (χ3v) is 5.76. The summed E-state index contributed by atoms with van der Waals surface area (Å²) in [6, 6.07) is 20.2. The van der Waals surface area contributed by atoms with Crippen LogP contribution in [-0.4, -0.2) is 21.0 Å². The maximum Gasteiger partial charge on any atom is 0.258 e. The number of benzene rings is 3. The molecule has 0 saturated heterocycles. The van der Waals surface area contributed by atoms with Crippen LogP contribution in [0.1, 0.15) is 15.9 Å². The molecule has 1 amide bonds. The molecule has 5 rings (SSSR count).